The molecule has 24 heavy (non-hydrogen) atoms. The van der Waals surface area contributed by atoms with Crippen LogP contribution >= 0.6 is 0 Å². The van der Waals surface area contributed by atoms with Gasteiger partial charge < -0.3 is 10.2 Å². The molecule has 0 saturated carbocycles. The SMILES string of the molecule is CCCCCCCCCCCCCCCC(O)C(CO)C(C)(C)C. The van der Waals surface area contributed by atoms with Crippen molar-refractivity contribution in [3.05, 3.63) is 0 Å². The summed E-state index contributed by atoms with van der Waals surface area (Å²) in [6.45, 7) is 8.65. The van der Waals surface area contributed by atoms with Gasteiger partial charge >= 0.3 is 0 Å². The molecule has 0 spiro atoms. The van der Waals surface area contributed by atoms with Gasteiger partial charge in [0.05, 0.1) is 6.10 Å². The zero-order valence-electron chi connectivity index (χ0n) is 17.2. The van der Waals surface area contributed by atoms with E-state index in [4.69, 9.17) is 0 Å². The minimum Gasteiger partial charge on any atom is -0.396 e. The maximum absolute atomic E-state index is 10.3. The van der Waals surface area contributed by atoms with Crippen molar-refractivity contribution in [1.29, 1.82) is 0 Å². The van der Waals surface area contributed by atoms with Crippen molar-refractivity contribution < 1.29 is 10.2 Å². The number of hydrogen-bond acceptors (Lipinski definition) is 2. The van der Waals surface area contributed by atoms with Crippen molar-refractivity contribution in [1.82, 2.24) is 0 Å². The van der Waals surface area contributed by atoms with Crippen molar-refractivity contribution in [2.24, 2.45) is 11.3 Å². The van der Waals surface area contributed by atoms with Crippen LogP contribution in [0.3, 0.4) is 0 Å². The summed E-state index contributed by atoms with van der Waals surface area (Å²) in [4.78, 5) is 0. The molecule has 0 saturated heterocycles. The molecule has 0 aliphatic carbocycles. The van der Waals surface area contributed by atoms with Gasteiger partial charge in [-0.2, -0.15) is 0 Å². The summed E-state index contributed by atoms with van der Waals surface area (Å²) in [6, 6.07) is 0. The van der Waals surface area contributed by atoms with Crippen LogP contribution in [0.2, 0.25) is 0 Å². The van der Waals surface area contributed by atoms with Crippen molar-refractivity contribution >= 4 is 0 Å². The molecule has 0 heterocycles. The zero-order chi connectivity index (χ0) is 18.3. The molecule has 0 bridgehead atoms. The van der Waals surface area contributed by atoms with E-state index in [1.807, 2.05) is 0 Å². The van der Waals surface area contributed by atoms with Gasteiger partial charge in [0.2, 0.25) is 0 Å². The highest BCUT2D eigenvalue weighted by atomic mass is 16.3. The molecule has 0 radical (unpaired) electrons. The maximum atomic E-state index is 10.3. The van der Waals surface area contributed by atoms with E-state index in [0.717, 1.165) is 12.8 Å². The highest BCUT2D eigenvalue weighted by Gasteiger charge is 2.29. The molecule has 0 aliphatic rings. The molecule has 0 aromatic rings. The van der Waals surface area contributed by atoms with Crippen molar-refractivity contribution in [3.63, 3.8) is 0 Å². The van der Waals surface area contributed by atoms with Crippen LogP contribution in [0, 0.1) is 11.3 Å². The third kappa shape index (κ3) is 13.2. The first-order chi connectivity index (χ1) is 11.4. The normalized spacial score (nSPS) is 14.8. The van der Waals surface area contributed by atoms with Gasteiger partial charge in [-0.25, -0.2) is 0 Å². The summed E-state index contributed by atoms with van der Waals surface area (Å²) in [6.07, 6.45) is 18.1. The molecule has 0 rings (SSSR count). The van der Waals surface area contributed by atoms with Crippen LogP contribution in [0.25, 0.3) is 0 Å². The molecule has 2 heteroatoms. The van der Waals surface area contributed by atoms with Gasteiger partial charge in [-0.3, -0.25) is 0 Å². The molecule has 146 valence electrons. The highest BCUT2D eigenvalue weighted by molar-refractivity contribution is 4.79. The van der Waals surface area contributed by atoms with Gasteiger partial charge in [-0.05, 0) is 11.8 Å². The molecule has 2 nitrogen and oxygen atoms in total. The predicted molar refractivity (Wildman–Crippen MR) is 106 cm³/mol. The van der Waals surface area contributed by atoms with E-state index >= 15 is 0 Å². The molecule has 0 aromatic carbocycles. The quantitative estimate of drug-likeness (QED) is 0.315. The van der Waals surface area contributed by atoms with Crippen LogP contribution in [-0.4, -0.2) is 22.9 Å². The summed E-state index contributed by atoms with van der Waals surface area (Å²) in [5.41, 5.74) is -0.0231. The minimum atomic E-state index is -0.359. The molecule has 0 aliphatic heterocycles. The topological polar surface area (TPSA) is 40.5 Å². The lowest BCUT2D eigenvalue weighted by Gasteiger charge is -2.33. The van der Waals surface area contributed by atoms with Crippen molar-refractivity contribution in [3.8, 4) is 0 Å². The Morgan fingerprint density at radius 2 is 1.04 bits per heavy atom. The average Bonchev–Trinajstić information content (AvgIpc) is 2.51. The fourth-order valence-electron chi connectivity index (χ4n) is 3.55. The third-order valence-electron chi connectivity index (χ3n) is 5.38. The van der Waals surface area contributed by atoms with E-state index in [1.54, 1.807) is 0 Å². The second-order valence-electron chi connectivity index (χ2n) is 8.75. The van der Waals surface area contributed by atoms with Gasteiger partial charge in [-0.1, -0.05) is 111 Å². The van der Waals surface area contributed by atoms with Gasteiger partial charge in [0.25, 0.3) is 0 Å². The van der Waals surface area contributed by atoms with Gasteiger partial charge in [-0.15, -0.1) is 0 Å². The smallest absolute Gasteiger partial charge is 0.0595 e. The zero-order valence-corrected chi connectivity index (χ0v) is 17.2. The Labute approximate surface area is 152 Å². The molecular weight excluding hydrogens is 296 g/mol. The Balaban J connectivity index is 3.39. The third-order valence-corrected chi connectivity index (χ3v) is 5.38. The first-order valence-corrected chi connectivity index (χ1v) is 10.7. The first kappa shape index (κ1) is 23.9. The van der Waals surface area contributed by atoms with Crippen molar-refractivity contribution in [2.75, 3.05) is 6.61 Å². The lowest BCUT2D eigenvalue weighted by molar-refractivity contribution is -0.0000530. The molecular formula is C22H46O2. The average molecular weight is 343 g/mol. The van der Waals surface area contributed by atoms with Crippen LogP contribution in [-0.2, 0) is 0 Å². The van der Waals surface area contributed by atoms with E-state index in [2.05, 4.69) is 27.7 Å². The Morgan fingerprint density at radius 3 is 1.38 bits per heavy atom. The Hall–Kier alpha value is -0.0800. The number of aliphatic hydroxyl groups excluding tert-OH is 2. The fourth-order valence-corrected chi connectivity index (χ4v) is 3.55. The lowest BCUT2D eigenvalue weighted by atomic mass is 9.76. The molecule has 0 amide bonds. The summed E-state index contributed by atoms with van der Waals surface area (Å²) in [5.74, 6) is -0.00479. The maximum Gasteiger partial charge on any atom is 0.0595 e. The molecule has 0 fully saturated rings. The van der Waals surface area contributed by atoms with Gasteiger partial charge in [0.15, 0.2) is 0 Å². The Morgan fingerprint density at radius 1 is 0.667 bits per heavy atom. The second-order valence-corrected chi connectivity index (χ2v) is 8.75. The van der Waals surface area contributed by atoms with E-state index in [-0.39, 0.29) is 24.0 Å². The van der Waals surface area contributed by atoms with E-state index < -0.39 is 0 Å². The monoisotopic (exact) mass is 342 g/mol. The number of unbranched alkanes of at least 4 members (excludes halogenated alkanes) is 12. The van der Waals surface area contributed by atoms with Crippen LogP contribution in [0.15, 0.2) is 0 Å². The number of aliphatic hydroxyl groups is 2. The highest BCUT2D eigenvalue weighted by Crippen LogP contribution is 2.30. The Bertz CT molecular complexity index is 257. The molecule has 0 aromatic heterocycles. The molecule has 2 N–H and O–H groups in total. The predicted octanol–water partition coefficient (Wildman–Crippen LogP) is 6.48. The van der Waals surface area contributed by atoms with E-state index in [9.17, 15) is 10.2 Å². The standard InChI is InChI=1S/C22H46O2/c1-5-6-7-8-9-10-11-12-13-14-15-16-17-18-21(24)20(19-23)22(2,3)4/h20-21,23-24H,5-19H2,1-4H3. The van der Waals surface area contributed by atoms with Crippen molar-refractivity contribution in [2.45, 2.75) is 124 Å². The fraction of sp³-hybridized carbons (Fsp3) is 1.00. The van der Waals surface area contributed by atoms with Crippen LogP contribution < -0.4 is 0 Å². The summed E-state index contributed by atoms with van der Waals surface area (Å²) >= 11 is 0. The van der Waals surface area contributed by atoms with E-state index in [0.29, 0.717) is 0 Å². The van der Waals surface area contributed by atoms with E-state index in [1.165, 1.54) is 77.0 Å². The molecule has 2 atom stereocenters. The number of rotatable bonds is 16. The lowest BCUT2D eigenvalue weighted by Crippen LogP contribution is -2.35. The van der Waals surface area contributed by atoms with Crippen LogP contribution in [0.5, 0.6) is 0 Å². The minimum absolute atomic E-state index is 0.00479. The molecule has 2 unspecified atom stereocenters. The van der Waals surface area contributed by atoms with Crippen LogP contribution in [0.1, 0.15) is 118 Å². The number of hydrogen-bond donors (Lipinski definition) is 2. The van der Waals surface area contributed by atoms with Gasteiger partial charge in [0, 0.05) is 12.5 Å². The summed E-state index contributed by atoms with van der Waals surface area (Å²) in [7, 11) is 0. The summed E-state index contributed by atoms with van der Waals surface area (Å²) < 4.78 is 0. The Kier molecular flexibility index (Phi) is 15.1. The second kappa shape index (κ2) is 15.2. The van der Waals surface area contributed by atoms with Gasteiger partial charge in [0.1, 0.15) is 0 Å². The summed E-state index contributed by atoms with van der Waals surface area (Å²) in [5, 5.41) is 19.7. The largest absolute Gasteiger partial charge is 0.396 e. The van der Waals surface area contributed by atoms with Crippen LogP contribution in [0.4, 0.5) is 0 Å². The first-order valence-electron chi connectivity index (χ1n) is 10.7.